The average Bonchev–Trinajstić information content (AvgIpc) is 2.39. The zero-order valence-corrected chi connectivity index (χ0v) is 8.90. The lowest BCUT2D eigenvalue weighted by molar-refractivity contribution is 0.277. The molecule has 1 spiro atoms. The molecule has 2 nitrogen and oxygen atoms in total. The fourth-order valence-corrected chi connectivity index (χ4v) is 2.20. The molecule has 0 aromatic rings. The van der Waals surface area contributed by atoms with Crippen LogP contribution in [0.1, 0.15) is 25.7 Å². The molecule has 2 N–H and O–H groups in total. The first kappa shape index (κ1) is 12.5. The monoisotopic (exact) mass is 212 g/mol. The Hall–Kier alpha value is 0.500. The Morgan fingerprint density at radius 2 is 1.50 bits per heavy atom. The molecular weight excluding hydrogens is 195 g/mol. The van der Waals surface area contributed by atoms with Crippen molar-refractivity contribution in [2.75, 3.05) is 19.6 Å². The SMILES string of the molecule is C1CNC2(C1)CCNCC2.Cl.Cl. The molecule has 2 saturated heterocycles. The molecule has 0 aliphatic carbocycles. The largest absolute Gasteiger partial charge is 0.317 e. The van der Waals surface area contributed by atoms with Crippen LogP contribution in [0, 0.1) is 0 Å². The third-order valence-electron chi connectivity index (χ3n) is 2.89. The third kappa shape index (κ3) is 2.49. The van der Waals surface area contributed by atoms with E-state index in [0.29, 0.717) is 5.54 Å². The maximum atomic E-state index is 3.63. The van der Waals surface area contributed by atoms with Gasteiger partial charge in [0.1, 0.15) is 0 Å². The van der Waals surface area contributed by atoms with Crippen LogP contribution in [0.15, 0.2) is 0 Å². The minimum atomic E-state index is 0. The fourth-order valence-electron chi connectivity index (χ4n) is 2.20. The van der Waals surface area contributed by atoms with Crippen LogP contribution < -0.4 is 10.6 Å². The van der Waals surface area contributed by atoms with Crippen LogP contribution in [0.25, 0.3) is 0 Å². The molecule has 0 unspecified atom stereocenters. The summed E-state index contributed by atoms with van der Waals surface area (Å²) in [7, 11) is 0. The van der Waals surface area contributed by atoms with Crippen LogP contribution >= 0.6 is 24.8 Å². The van der Waals surface area contributed by atoms with Gasteiger partial charge in [-0.25, -0.2) is 0 Å². The van der Waals surface area contributed by atoms with Crippen molar-refractivity contribution in [1.29, 1.82) is 0 Å². The van der Waals surface area contributed by atoms with Crippen LogP contribution in [-0.2, 0) is 0 Å². The van der Waals surface area contributed by atoms with Gasteiger partial charge >= 0.3 is 0 Å². The topological polar surface area (TPSA) is 24.1 Å². The lowest BCUT2D eigenvalue weighted by Crippen LogP contribution is -2.48. The highest BCUT2D eigenvalue weighted by molar-refractivity contribution is 5.85. The Labute approximate surface area is 86.7 Å². The van der Waals surface area contributed by atoms with Crippen LogP contribution in [0.4, 0.5) is 0 Å². The third-order valence-corrected chi connectivity index (χ3v) is 2.89. The second kappa shape index (κ2) is 5.28. The molecule has 0 radical (unpaired) electrons. The molecule has 2 aliphatic heterocycles. The van der Waals surface area contributed by atoms with Gasteiger partial charge in [0, 0.05) is 5.54 Å². The van der Waals surface area contributed by atoms with E-state index in [1.807, 2.05) is 0 Å². The van der Waals surface area contributed by atoms with E-state index < -0.39 is 0 Å². The average molecular weight is 213 g/mol. The summed E-state index contributed by atoms with van der Waals surface area (Å²) >= 11 is 0. The molecular formula is C8H18Cl2N2. The predicted octanol–water partition coefficient (Wildman–Crippen LogP) is 1.34. The van der Waals surface area contributed by atoms with Gasteiger partial charge in [0.05, 0.1) is 0 Å². The van der Waals surface area contributed by atoms with E-state index in [1.54, 1.807) is 0 Å². The molecule has 12 heavy (non-hydrogen) atoms. The van der Waals surface area contributed by atoms with Crippen molar-refractivity contribution < 1.29 is 0 Å². The smallest absolute Gasteiger partial charge is 0.0206 e. The van der Waals surface area contributed by atoms with Crippen molar-refractivity contribution >= 4 is 24.8 Å². The van der Waals surface area contributed by atoms with Gasteiger partial charge in [-0.3, -0.25) is 0 Å². The van der Waals surface area contributed by atoms with Crippen molar-refractivity contribution in [2.24, 2.45) is 0 Å². The van der Waals surface area contributed by atoms with Crippen molar-refractivity contribution in [2.45, 2.75) is 31.2 Å². The molecule has 0 amide bonds. The number of piperidine rings is 1. The lowest BCUT2D eigenvalue weighted by atomic mass is 9.87. The van der Waals surface area contributed by atoms with Crippen LogP contribution in [0.5, 0.6) is 0 Å². The van der Waals surface area contributed by atoms with Gasteiger partial charge in [-0.15, -0.1) is 24.8 Å². The molecule has 2 aliphatic rings. The normalized spacial score (nSPS) is 26.0. The molecule has 0 aromatic heterocycles. The Bertz CT molecular complexity index is 116. The van der Waals surface area contributed by atoms with E-state index in [0.717, 1.165) is 0 Å². The first-order valence-corrected chi connectivity index (χ1v) is 4.37. The predicted molar refractivity (Wildman–Crippen MR) is 56.6 cm³/mol. The number of hydrogen-bond donors (Lipinski definition) is 2. The second-order valence-electron chi connectivity index (χ2n) is 3.56. The summed E-state index contributed by atoms with van der Waals surface area (Å²) in [5.74, 6) is 0. The zero-order chi connectivity index (χ0) is 6.86. The quantitative estimate of drug-likeness (QED) is 0.634. The van der Waals surface area contributed by atoms with Crippen LogP contribution in [-0.4, -0.2) is 25.2 Å². The summed E-state index contributed by atoms with van der Waals surface area (Å²) < 4.78 is 0. The minimum absolute atomic E-state index is 0. The van der Waals surface area contributed by atoms with E-state index in [1.165, 1.54) is 45.3 Å². The number of nitrogens with one attached hydrogen (secondary N) is 2. The van der Waals surface area contributed by atoms with Gasteiger partial charge in [0.2, 0.25) is 0 Å². The van der Waals surface area contributed by atoms with E-state index in [4.69, 9.17) is 0 Å². The van der Waals surface area contributed by atoms with E-state index in [2.05, 4.69) is 10.6 Å². The number of rotatable bonds is 0. The molecule has 74 valence electrons. The highest BCUT2D eigenvalue weighted by Crippen LogP contribution is 2.27. The Balaban J connectivity index is 0.000000605. The molecule has 0 aromatic carbocycles. The summed E-state index contributed by atoms with van der Waals surface area (Å²) in [5, 5.41) is 7.03. The Morgan fingerprint density at radius 1 is 0.833 bits per heavy atom. The molecule has 0 atom stereocenters. The molecule has 0 saturated carbocycles. The van der Waals surface area contributed by atoms with E-state index in [9.17, 15) is 0 Å². The van der Waals surface area contributed by atoms with E-state index in [-0.39, 0.29) is 24.8 Å². The molecule has 2 fully saturated rings. The highest BCUT2D eigenvalue weighted by atomic mass is 35.5. The Morgan fingerprint density at radius 3 is 2.00 bits per heavy atom. The zero-order valence-electron chi connectivity index (χ0n) is 7.27. The van der Waals surface area contributed by atoms with Crippen LogP contribution in [0.3, 0.4) is 0 Å². The van der Waals surface area contributed by atoms with Gasteiger partial charge < -0.3 is 10.6 Å². The summed E-state index contributed by atoms with van der Waals surface area (Å²) in [5.41, 5.74) is 0.561. The summed E-state index contributed by atoms with van der Waals surface area (Å²) in [6, 6.07) is 0. The van der Waals surface area contributed by atoms with Gasteiger partial charge in [0.15, 0.2) is 0 Å². The summed E-state index contributed by atoms with van der Waals surface area (Å²) in [4.78, 5) is 0. The van der Waals surface area contributed by atoms with Crippen molar-refractivity contribution in [3.05, 3.63) is 0 Å². The number of hydrogen-bond acceptors (Lipinski definition) is 2. The maximum Gasteiger partial charge on any atom is 0.0206 e. The molecule has 4 heteroatoms. The first-order chi connectivity index (χ1) is 4.91. The molecule has 2 rings (SSSR count). The lowest BCUT2D eigenvalue weighted by Gasteiger charge is -2.33. The fraction of sp³-hybridized carbons (Fsp3) is 1.00. The Kier molecular flexibility index (Phi) is 5.50. The molecule has 2 heterocycles. The van der Waals surface area contributed by atoms with Crippen molar-refractivity contribution in [1.82, 2.24) is 10.6 Å². The standard InChI is InChI=1S/C8H16N2.2ClH/c1-2-8(10-5-1)3-6-9-7-4-8;;/h9-10H,1-7H2;2*1H. The van der Waals surface area contributed by atoms with Crippen LogP contribution in [0.2, 0.25) is 0 Å². The van der Waals surface area contributed by atoms with Gasteiger partial charge in [-0.1, -0.05) is 0 Å². The van der Waals surface area contributed by atoms with Gasteiger partial charge in [-0.2, -0.15) is 0 Å². The van der Waals surface area contributed by atoms with Gasteiger partial charge in [0.25, 0.3) is 0 Å². The second-order valence-corrected chi connectivity index (χ2v) is 3.56. The summed E-state index contributed by atoms with van der Waals surface area (Å²) in [6.07, 6.45) is 5.48. The highest BCUT2D eigenvalue weighted by Gasteiger charge is 2.33. The van der Waals surface area contributed by atoms with Gasteiger partial charge in [-0.05, 0) is 45.3 Å². The first-order valence-electron chi connectivity index (χ1n) is 4.37. The minimum Gasteiger partial charge on any atom is -0.317 e. The number of halogens is 2. The van der Waals surface area contributed by atoms with E-state index >= 15 is 0 Å². The van der Waals surface area contributed by atoms with Crippen molar-refractivity contribution in [3.63, 3.8) is 0 Å². The summed E-state index contributed by atoms with van der Waals surface area (Å²) in [6.45, 7) is 3.68. The van der Waals surface area contributed by atoms with Crippen molar-refractivity contribution in [3.8, 4) is 0 Å². The maximum absolute atomic E-state index is 3.63. The molecule has 0 bridgehead atoms.